The van der Waals surface area contributed by atoms with Crippen LogP contribution in [0.15, 0.2) is 58.7 Å². The zero-order valence-electron chi connectivity index (χ0n) is 24.1. The number of hydrogen-bond acceptors (Lipinski definition) is 12. The molecule has 44 heavy (non-hydrogen) atoms. The van der Waals surface area contributed by atoms with Crippen molar-refractivity contribution in [3.8, 4) is 0 Å². The topological polar surface area (TPSA) is 121 Å². The predicted molar refractivity (Wildman–Crippen MR) is 165 cm³/mol. The molecule has 0 saturated carbocycles. The van der Waals surface area contributed by atoms with Crippen LogP contribution in [-0.4, -0.2) is 102 Å². The Hall–Kier alpha value is -3.26. The lowest BCUT2D eigenvalue weighted by atomic mass is 10.1. The highest BCUT2D eigenvalue weighted by Gasteiger charge is 2.33. The average molecular weight is 650 g/mol. The third kappa shape index (κ3) is 8.90. The molecule has 14 heteroatoms. The zero-order chi connectivity index (χ0) is 30.7. The number of benzene rings is 2. The molecule has 1 fully saturated rings. The molecule has 2 atom stereocenters. The summed E-state index contributed by atoms with van der Waals surface area (Å²) in [6.45, 7) is 2.42. The number of cyclic esters (lactones) is 2. The van der Waals surface area contributed by atoms with E-state index in [-0.39, 0.29) is 49.9 Å². The van der Waals surface area contributed by atoms with Crippen molar-refractivity contribution in [2.24, 2.45) is 10.2 Å². The number of carbonyl (C=O) groups excluding carboxylic acids is 2. The molecule has 0 radical (unpaired) electrons. The van der Waals surface area contributed by atoms with Crippen molar-refractivity contribution >= 4 is 57.9 Å². The van der Waals surface area contributed by atoms with E-state index in [2.05, 4.69) is 10.2 Å². The molecular weight excluding hydrogens is 615 g/mol. The van der Waals surface area contributed by atoms with Crippen molar-refractivity contribution in [3.63, 3.8) is 0 Å². The fourth-order valence-electron chi connectivity index (χ4n) is 4.79. The maximum atomic E-state index is 12.8. The minimum atomic E-state index is -0.529. The van der Waals surface area contributed by atoms with Gasteiger partial charge in [0.05, 0.1) is 76.3 Å². The van der Waals surface area contributed by atoms with Crippen LogP contribution in [0.2, 0.25) is 10.0 Å². The van der Waals surface area contributed by atoms with Crippen molar-refractivity contribution in [1.29, 1.82) is 0 Å². The molecule has 0 aliphatic carbocycles. The Kier molecular flexibility index (Phi) is 11.8. The minimum absolute atomic E-state index is 0.0235. The Morgan fingerprint density at radius 3 is 1.32 bits per heavy atom. The van der Waals surface area contributed by atoms with Crippen molar-refractivity contribution in [2.75, 3.05) is 76.1 Å². The van der Waals surface area contributed by atoms with E-state index in [1.165, 1.54) is 0 Å². The van der Waals surface area contributed by atoms with Gasteiger partial charge < -0.3 is 28.4 Å². The van der Waals surface area contributed by atoms with E-state index in [4.69, 9.17) is 51.6 Å². The maximum Gasteiger partial charge on any atom is 0.354 e. The number of halogens is 2. The summed E-state index contributed by atoms with van der Waals surface area (Å²) in [6, 6.07) is 14.0. The highest BCUT2D eigenvalue weighted by molar-refractivity contribution is 6.38. The number of ether oxygens (including phenoxy) is 6. The first kappa shape index (κ1) is 32.1. The molecule has 0 spiro atoms. The van der Waals surface area contributed by atoms with Crippen LogP contribution in [0.25, 0.3) is 0 Å². The van der Waals surface area contributed by atoms with Gasteiger partial charge in [-0.25, -0.2) is 9.59 Å². The van der Waals surface area contributed by atoms with E-state index < -0.39 is 11.9 Å². The van der Waals surface area contributed by atoms with Gasteiger partial charge in [0, 0.05) is 22.9 Å². The molecule has 0 aromatic heterocycles. The van der Waals surface area contributed by atoms with Crippen molar-refractivity contribution < 1.29 is 38.0 Å². The second-order valence-corrected chi connectivity index (χ2v) is 11.0. The number of esters is 2. The Labute approximate surface area is 265 Å². The first-order valence-electron chi connectivity index (χ1n) is 14.4. The number of hydrazone groups is 2. The quantitative estimate of drug-likeness (QED) is 0.445. The van der Waals surface area contributed by atoms with Gasteiger partial charge in [0.15, 0.2) is 0 Å². The van der Waals surface area contributed by atoms with Crippen LogP contribution in [0.1, 0.15) is 12.8 Å². The smallest absolute Gasteiger partial charge is 0.354 e. The molecule has 0 amide bonds. The monoisotopic (exact) mass is 648 g/mol. The van der Waals surface area contributed by atoms with Gasteiger partial charge in [0.1, 0.15) is 24.6 Å². The third-order valence-corrected chi connectivity index (χ3v) is 7.45. The van der Waals surface area contributed by atoms with E-state index >= 15 is 0 Å². The third-order valence-electron chi connectivity index (χ3n) is 6.95. The van der Waals surface area contributed by atoms with Crippen LogP contribution in [-0.2, 0) is 38.0 Å². The summed E-state index contributed by atoms with van der Waals surface area (Å²) >= 11 is 12.1. The highest BCUT2D eigenvalue weighted by atomic mass is 35.5. The second kappa shape index (κ2) is 16.2. The van der Waals surface area contributed by atoms with Crippen LogP contribution in [0.3, 0.4) is 0 Å². The van der Waals surface area contributed by atoms with Crippen LogP contribution < -0.4 is 10.0 Å². The lowest BCUT2D eigenvalue weighted by Crippen LogP contribution is -2.32. The minimum Gasteiger partial charge on any atom is -0.459 e. The predicted octanol–water partition coefficient (Wildman–Crippen LogP) is 3.73. The lowest BCUT2D eigenvalue weighted by molar-refractivity contribution is -0.138. The zero-order valence-corrected chi connectivity index (χ0v) is 25.6. The molecule has 0 unspecified atom stereocenters. The fraction of sp³-hybridized carbons (Fsp3) is 0.467. The molecule has 12 nitrogen and oxygen atoms in total. The van der Waals surface area contributed by atoms with Crippen LogP contribution in [0.4, 0.5) is 11.4 Å². The molecule has 236 valence electrons. The SMILES string of the molecule is O=C1OCCOCCOC(=O)C2=NN(c3ccc(Cl)cc3)[C@@H](COCCOCCOC[C@@H]3CC1=NN3c1ccc(Cl)cc1)C2. The van der Waals surface area contributed by atoms with Crippen molar-refractivity contribution in [3.05, 3.63) is 58.6 Å². The van der Waals surface area contributed by atoms with E-state index in [1.54, 1.807) is 34.3 Å². The Morgan fingerprint density at radius 1 is 0.545 bits per heavy atom. The number of nitrogens with zero attached hydrogens (tertiary/aromatic N) is 4. The van der Waals surface area contributed by atoms with Gasteiger partial charge in [-0.1, -0.05) is 23.2 Å². The van der Waals surface area contributed by atoms with Crippen LogP contribution in [0.5, 0.6) is 0 Å². The molecule has 4 bridgehead atoms. The molecular formula is C30H34Cl2N4O8. The Morgan fingerprint density at radius 2 is 0.909 bits per heavy atom. The first-order valence-corrected chi connectivity index (χ1v) is 15.1. The lowest BCUT2D eigenvalue weighted by Gasteiger charge is -2.23. The summed E-state index contributed by atoms with van der Waals surface area (Å²) in [5, 5.41) is 13.7. The van der Waals surface area contributed by atoms with Gasteiger partial charge in [-0.2, -0.15) is 10.2 Å². The standard InChI is InChI=1S/C30H34Cl2N4O8/c31-21-1-5-23(6-2-21)35-25-17-27(33-35)29(37)43-15-13-40-14-16-44-30(38)28-18-26(20-42-12-10-39-9-11-41-19-25)36(34-28)24-7-3-22(32)4-8-24/h1-8,25-26H,9-20H2/t25-,26+. The van der Waals surface area contributed by atoms with Gasteiger partial charge in [0.25, 0.3) is 0 Å². The normalized spacial score (nSPS) is 23.3. The number of carbonyl (C=O) groups is 2. The number of rotatable bonds is 2. The maximum absolute atomic E-state index is 12.8. The van der Waals surface area contributed by atoms with Gasteiger partial charge in [0.2, 0.25) is 0 Å². The molecule has 1 saturated heterocycles. The molecule has 0 N–H and O–H groups in total. The Bertz CT molecular complexity index is 1230. The number of hydrogen-bond donors (Lipinski definition) is 0. The highest BCUT2D eigenvalue weighted by Crippen LogP contribution is 2.28. The van der Waals surface area contributed by atoms with Gasteiger partial charge in [-0.15, -0.1) is 0 Å². The van der Waals surface area contributed by atoms with E-state index in [0.717, 1.165) is 11.4 Å². The van der Waals surface area contributed by atoms with Gasteiger partial charge in [-0.05, 0) is 48.5 Å². The molecule has 3 heterocycles. The van der Waals surface area contributed by atoms with Gasteiger partial charge >= 0.3 is 11.9 Å². The average Bonchev–Trinajstić information content (AvgIpc) is 3.65. The Balaban J connectivity index is 1.19. The summed E-state index contributed by atoms with van der Waals surface area (Å²) in [5.41, 5.74) is 2.13. The van der Waals surface area contributed by atoms with Crippen LogP contribution >= 0.6 is 23.2 Å². The van der Waals surface area contributed by atoms with Crippen molar-refractivity contribution in [2.45, 2.75) is 24.9 Å². The fourth-order valence-corrected chi connectivity index (χ4v) is 5.04. The molecule has 2 aromatic carbocycles. The van der Waals surface area contributed by atoms with Gasteiger partial charge in [-0.3, -0.25) is 10.0 Å². The van der Waals surface area contributed by atoms with Crippen LogP contribution in [0, 0.1) is 0 Å². The summed E-state index contributed by atoms with van der Waals surface area (Å²) in [5.74, 6) is -1.06. The molecule has 3 aliphatic heterocycles. The van der Waals surface area contributed by atoms with E-state index in [9.17, 15) is 9.59 Å². The number of anilines is 2. The largest absolute Gasteiger partial charge is 0.459 e. The number of fused-ring (bicyclic) bond motifs is 4. The summed E-state index contributed by atoms with van der Waals surface area (Å²) in [6.07, 6.45) is 0.704. The molecule has 5 rings (SSSR count). The molecule has 3 aliphatic rings. The van der Waals surface area contributed by atoms with Crippen molar-refractivity contribution in [1.82, 2.24) is 0 Å². The second-order valence-electron chi connectivity index (χ2n) is 10.1. The first-order chi connectivity index (χ1) is 21.5. The summed E-state index contributed by atoms with van der Waals surface area (Å²) in [7, 11) is 0. The summed E-state index contributed by atoms with van der Waals surface area (Å²) < 4.78 is 33.7. The molecule has 2 aromatic rings. The van der Waals surface area contributed by atoms with E-state index in [1.807, 2.05) is 24.3 Å². The van der Waals surface area contributed by atoms with E-state index in [0.29, 0.717) is 62.5 Å². The summed E-state index contributed by atoms with van der Waals surface area (Å²) in [4.78, 5) is 25.5.